The van der Waals surface area contributed by atoms with Crippen molar-refractivity contribution in [2.45, 2.75) is 19.5 Å². The molecule has 3 rings (SSSR count). The van der Waals surface area contributed by atoms with Gasteiger partial charge in [0.15, 0.2) is 0 Å². The van der Waals surface area contributed by atoms with Crippen molar-refractivity contribution >= 4 is 0 Å². The number of imidazole rings is 1. The average Bonchev–Trinajstić information content (AvgIpc) is 3.10. The van der Waals surface area contributed by atoms with Crippen LogP contribution in [-0.2, 0) is 13.6 Å². The van der Waals surface area contributed by atoms with Crippen LogP contribution in [0, 0.1) is 6.92 Å². The molecular weight excluding hydrogens is 344 g/mol. The van der Waals surface area contributed by atoms with Crippen LogP contribution in [0.5, 0.6) is 17.2 Å². The second kappa shape index (κ2) is 8.09. The van der Waals surface area contributed by atoms with Crippen molar-refractivity contribution in [3.8, 4) is 17.2 Å². The number of aryl methyl sites for hydroxylation is 2. The number of aromatic hydroxyl groups is 1. The number of hydrogen-bond donors (Lipinski definition) is 2. The molecule has 0 aliphatic heterocycles. The number of hydrogen-bond acceptors (Lipinski definition) is 6. The van der Waals surface area contributed by atoms with E-state index in [2.05, 4.69) is 15.3 Å². The summed E-state index contributed by atoms with van der Waals surface area (Å²) >= 11 is 0. The molecule has 7 heteroatoms. The Hall–Kier alpha value is -3.06. The summed E-state index contributed by atoms with van der Waals surface area (Å²) in [6.45, 7) is 2.27. The largest absolute Gasteiger partial charge is 0.506 e. The van der Waals surface area contributed by atoms with Crippen LogP contribution in [0.1, 0.15) is 28.8 Å². The van der Waals surface area contributed by atoms with E-state index in [4.69, 9.17) is 9.47 Å². The summed E-state index contributed by atoms with van der Waals surface area (Å²) < 4.78 is 12.8. The molecule has 1 aromatic carbocycles. The van der Waals surface area contributed by atoms with E-state index in [0.29, 0.717) is 23.7 Å². The van der Waals surface area contributed by atoms with Crippen LogP contribution in [-0.4, -0.2) is 33.9 Å². The van der Waals surface area contributed by atoms with Crippen molar-refractivity contribution in [2.75, 3.05) is 14.2 Å². The normalized spacial score (nSPS) is 12.0. The van der Waals surface area contributed by atoms with Crippen LogP contribution < -0.4 is 14.8 Å². The molecular formula is C20H24N4O3. The quantitative estimate of drug-likeness (QED) is 0.667. The van der Waals surface area contributed by atoms with Crippen molar-refractivity contribution in [3.05, 3.63) is 65.5 Å². The Bertz CT molecular complexity index is 901. The lowest BCUT2D eigenvalue weighted by Crippen LogP contribution is -2.25. The standard InChI is InChI=1S/C20H24N4O3/c1-13-5-6-18(25)17(23-13)12-22-19(20-21-7-8-24(20)2)14-9-15(26-3)11-16(10-14)27-4/h5-11,19,22,25H,12H2,1-4H3. The first-order valence-corrected chi connectivity index (χ1v) is 8.61. The first kappa shape index (κ1) is 18.7. The molecule has 142 valence electrons. The van der Waals surface area contributed by atoms with Gasteiger partial charge in [0, 0.05) is 37.7 Å². The molecule has 0 fully saturated rings. The third kappa shape index (κ3) is 4.20. The highest BCUT2D eigenvalue weighted by molar-refractivity contribution is 5.41. The third-order valence-corrected chi connectivity index (χ3v) is 4.39. The zero-order valence-corrected chi connectivity index (χ0v) is 15.9. The number of nitrogens with one attached hydrogen (secondary N) is 1. The maximum absolute atomic E-state index is 10.1. The lowest BCUT2D eigenvalue weighted by Gasteiger charge is -2.21. The number of ether oxygens (including phenoxy) is 2. The predicted octanol–water partition coefficient (Wildman–Crippen LogP) is 2.73. The van der Waals surface area contributed by atoms with Gasteiger partial charge in [-0.25, -0.2) is 4.98 Å². The van der Waals surface area contributed by atoms with E-state index >= 15 is 0 Å². The summed E-state index contributed by atoms with van der Waals surface area (Å²) in [6, 6.07) is 8.91. The molecule has 0 aliphatic rings. The molecule has 2 N–H and O–H groups in total. The lowest BCUT2D eigenvalue weighted by molar-refractivity contribution is 0.391. The highest BCUT2D eigenvalue weighted by Crippen LogP contribution is 2.30. The molecule has 27 heavy (non-hydrogen) atoms. The van der Waals surface area contributed by atoms with E-state index in [9.17, 15) is 5.11 Å². The summed E-state index contributed by atoms with van der Waals surface area (Å²) in [7, 11) is 5.18. The van der Waals surface area contributed by atoms with Crippen LogP contribution in [0.4, 0.5) is 0 Å². The number of rotatable bonds is 7. The van der Waals surface area contributed by atoms with E-state index in [1.807, 2.05) is 42.9 Å². The molecule has 1 atom stereocenters. The van der Waals surface area contributed by atoms with Crippen molar-refractivity contribution in [2.24, 2.45) is 7.05 Å². The van der Waals surface area contributed by atoms with E-state index in [0.717, 1.165) is 17.1 Å². The number of pyridine rings is 1. The van der Waals surface area contributed by atoms with Gasteiger partial charge in [0.2, 0.25) is 0 Å². The van der Waals surface area contributed by atoms with Gasteiger partial charge < -0.3 is 19.1 Å². The Labute approximate surface area is 158 Å². The number of benzene rings is 1. The van der Waals surface area contributed by atoms with Gasteiger partial charge in [-0.2, -0.15) is 0 Å². The Kier molecular flexibility index (Phi) is 5.61. The topological polar surface area (TPSA) is 81.4 Å². The van der Waals surface area contributed by atoms with Gasteiger partial charge in [0.05, 0.1) is 26.0 Å². The fourth-order valence-corrected chi connectivity index (χ4v) is 2.94. The van der Waals surface area contributed by atoms with Crippen molar-refractivity contribution in [3.63, 3.8) is 0 Å². The summed E-state index contributed by atoms with van der Waals surface area (Å²) in [5.74, 6) is 2.39. The van der Waals surface area contributed by atoms with Gasteiger partial charge >= 0.3 is 0 Å². The second-order valence-electron chi connectivity index (χ2n) is 6.27. The maximum atomic E-state index is 10.1. The van der Waals surface area contributed by atoms with Crippen LogP contribution in [0.15, 0.2) is 42.7 Å². The molecule has 0 aliphatic carbocycles. The van der Waals surface area contributed by atoms with Crippen LogP contribution in [0.2, 0.25) is 0 Å². The fraction of sp³-hybridized carbons (Fsp3) is 0.300. The average molecular weight is 368 g/mol. The Balaban J connectivity index is 1.97. The van der Waals surface area contributed by atoms with E-state index in [1.165, 1.54) is 0 Å². The molecule has 1 unspecified atom stereocenters. The van der Waals surface area contributed by atoms with Gasteiger partial charge in [-0.05, 0) is 36.8 Å². The monoisotopic (exact) mass is 368 g/mol. The lowest BCUT2D eigenvalue weighted by atomic mass is 10.0. The van der Waals surface area contributed by atoms with Crippen LogP contribution in [0.3, 0.4) is 0 Å². The maximum Gasteiger partial charge on any atom is 0.138 e. The van der Waals surface area contributed by atoms with Crippen LogP contribution >= 0.6 is 0 Å². The zero-order valence-electron chi connectivity index (χ0n) is 15.9. The van der Waals surface area contributed by atoms with Gasteiger partial charge in [0.1, 0.15) is 23.1 Å². The fourth-order valence-electron chi connectivity index (χ4n) is 2.94. The molecule has 0 bridgehead atoms. The summed E-state index contributed by atoms with van der Waals surface area (Å²) in [4.78, 5) is 8.91. The third-order valence-electron chi connectivity index (χ3n) is 4.39. The smallest absolute Gasteiger partial charge is 0.138 e. The van der Waals surface area contributed by atoms with Gasteiger partial charge in [-0.15, -0.1) is 0 Å². The molecule has 0 amide bonds. The first-order chi connectivity index (χ1) is 13.0. The minimum Gasteiger partial charge on any atom is -0.506 e. The number of aromatic nitrogens is 3. The molecule has 0 saturated carbocycles. The highest BCUT2D eigenvalue weighted by Gasteiger charge is 2.20. The first-order valence-electron chi connectivity index (χ1n) is 8.61. The zero-order chi connectivity index (χ0) is 19.4. The molecule has 0 saturated heterocycles. The highest BCUT2D eigenvalue weighted by atomic mass is 16.5. The molecule has 0 radical (unpaired) electrons. The van der Waals surface area contributed by atoms with Gasteiger partial charge in [-0.1, -0.05) is 0 Å². The molecule has 3 aromatic rings. The van der Waals surface area contributed by atoms with Gasteiger partial charge in [-0.3, -0.25) is 10.3 Å². The van der Waals surface area contributed by atoms with Crippen molar-refractivity contribution in [1.29, 1.82) is 0 Å². The SMILES string of the molecule is COc1cc(OC)cc(C(NCc2nc(C)ccc2O)c2nccn2C)c1. The molecule has 7 nitrogen and oxygen atoms in total. The summed E-state index contributed by atoms with van der Waals surface area (Å²) in [5, 5.41) is 13.6. The summed E-state index contributed by atoms with van der Waals surface area (Å²) in [5.41, 5.74) is 2.37. The minimum absolute atomic E-state index is 0.162. The summed E-state index contributed by atoms with van der Waals surface area (Å²) in [6.07, 6.45) is 3.65. The van der Waals surface area contributed by atoms with Crippen LogP contribution in [0.25, 0.3) is 0 Å². The van der Waals surface area contributed by atoms with Crippen molar-refractivity contribution in [1.82, 2.24) is 19.9 Å². The minimum atomic E-state index is -0.240. The molecule has 2 aromatic heterocycles. The Morgan fingerprint density at radius 2 is 1.85 bits per heavy atom. The Morgan fingerprint density at radius 1 is 1.15 bits per heavy atom. The number of nitrogens with zero attached hydrogens (tertiary/aromatic N) is 3. The Morgan fingerprint density at radius 3 is 2.44 bits per heavy atom. The molecule has 2 heterocycles. The predicted molar refractivity (Wildman–Crippen MR) is 102 cm³/mol. The molecule has 0 spiro atoms. The van der Waals surface area contributed by atoms with Crippen molar-refractivity contribution < 1.29 is 14.6 Å². The van der Waals surface area contributed by atoms with Gasteiger partial charge in [0.25, 0.3) is 0 Å². The van der Waals surface area contributed by atoms with E-state index < -0.39 is 0 Å². The second-order valence-corrected chi connectivity index (χ2v) is 6.27. The number of methoxy groups -OCH3 is 2. The van der Waals surface area contributed by atoms with E-state index in [-0.39, 0.29) is 11.8 Å². The van der Waals surface area contributed by atoms with E-state index in [1.54, 1.807) is 32.5 Å².